The van der Waals surface area contributed by atoms with Crippen LogP contribution in [0.1, 0.15) is 74.9 Å². The SMILES string of the molecule is CCCc1c(O)c(C(C)=O)cc2c1OC(C)(CCC(=O)OCC)CC2. The molecule has 0 spiro atoms. The first-order valence-corrected chi connectivity index (χ1v) is 9.04. The number of ketones is 1. The molecule has 5 nitrogen and oxygen atoms in total. The smallest absolute Gasteiger partial charge is 0.305 e. The zero-order valence-corrected chi connectivity index (χ0v) is 15.6. The second-order valence-electron chi connectivity index (χ2n) is 6.90. The fourth-order valence-corrected chi connectivity index (χ4v) is 3.31. The number of carbonyl (C=O) groups excluding carboxylic acids is 2. The van der Waals surface area contributed by atoms with E-state index >= 15 is 0 Å². The molecule has 0 saturated heterocycles. The zero-order valence-electron chi connectivity index (χ0n) is 15.6. The van der Waals surface area contributed by atoms with Crippen LogP contribution in [0.15, 0.2) is 6.07 Å². The number of phenolic OH excluding ortho intramolecular Hbond substituents is 1. The quantitative estimate of drug-likeness (QED) is 0.596. The molecule has 0 radical (unpaired) electrons. The predicted molar refractivity (Wildman–Crippen MR) is 95.3 cm³/mol. The second kappa shape index (κ2) is 7.89. The number of fused-ring (bicyclic) bond motifs is 1. The van der Waals surface area contributed by atoms with Crippen LogP contribution in [-0.4, -0.2) is 29.1 Å². The van der Waals surface area contributed by atoms with Gasteiger partial charge in [-0.15, -0.1) is 0 Å². The van der Waals surface area contributed by atoms with E-state index in [1.807, 2.05) is 13.8 Å². The number of aromatic hydroxyl groups is 1. The molecule has 1 aliphatic heterocycles. The molecule has 1 aromatic rings. The first-order valence-electron chi connectivity index (χ1n) is 9.04. The molecule has 0 bridgehead atoms. The van der Waals surface area contributed by atoms with Gasteiger partial charge in [0.25, 0.3) is 0 Å². The normalized spacial score (nSPS) is 19.0. The number of hydrogen-bond donors (Lipinski definition) is 1. The summed E-state index contributed by atoms with van der Waals surface area (Å²) in [7, 11) is 0. The Morgan fingerprint density at radius 3 is 2.68 bits per heavy atom. The van der Waals surface area contributed by atoms with Gasteiger partial charge in [-0.2, -0.15) is 0 Å². The average Bonchev–Trinajstić information content (AvgIpc) is 2.56. The van der Waals surface area contributed by atoms with Gasteiger partial charge in [-0.25, -0.2) is 0 Å². The second-order valence-corrected chi connectivity index (χ2v) is 6.90. The Hall–Kier alpha value is -2.04. The number of aryl methyl sites for hydroxylation is 1. The van der Waals surface area contributed by atoms with Gasteiger partial charge >= 0.3 is 5.97 Å². The third-order valence-electron chi connectivity index (χ3n) is 4.74. The van der Waals surface area contributed by atoms with E-state index in [0.717, 1.165) is 24.8 Å². The maximum atomic E-state index is 11.8. The minimum absolute atomic E-state index is 0.0303. The summed E-state index contributed by atoms with van der Waals surface area (Å²) in [5.41, 5.74) is 1.54. The fraction of sp³-hybridized carbons (Fsp3) is 0.600. The lowest BCUT2D eigenvalue weighted by Gasteiger charge is -2.37. The van der Waals surface area contributed by atoms with Crippen LogP contribution in [-0.2, 0) is 22.4 Å². The van der Waals surface area contributed by atoms with Crippen molar-refractivity contribution in [3.63, 3.8) is 0 Å². The van der Waals surface area contributed by atoms with Crippen molar-refractivity contribution < 1.29 is 24.2 Å². The molecule has 0 aliphatic carbocycles. The minimum atomic E-state index is -0.480. The van der Waals surface area contributed by atoms with Crippen LogP contribution in [0.2, 0.25) is 0 Å². The molecule has 138 valence electrons. The summed E-state index contributed by atoms with van der Waals surface area (Å²) in [6.45, 7) is 7.64. The van der Waals surface area contributed by atoms with Crippen LogP contribution in [0.5, 0.6) is 11.5 Å². The molecular formula is C20H28O5. The Kier molecular flexibility index (Phi) is 6.09. The van der Waals surface area contributed by atoms with Gasteiger partial charge in [-0.1, -0.05) is 13.3 Å². The summed E-state index contributed by atoms with van der Waals surface area (Å²) in [6, 6.07) is 1.75. The van der Waals surface area contributed by atoms with Crippen LogP contribution in [0.25, 0.3) is 0 Å². The van der Waals surface area contributed by atoms with E-state index in [-0.39, 0.29) is 17.5 Å². The monoisotopic (exact) mass is 348 g/mol. The van der Waals surface area contributed by atoms with Crippen molar-refractivity contribution in [3.8, 4) is 11.5 Å². The van der Waals surface area contributed by atoms with Crippen LogP contribution in [0.4, 0.5) is 0 Å². The molecule has 1 heterocycles. The summed E-state index contributed by atoms with van der Waals surface area (Å²) < 4.78 is 11.3. The lowest BCUT2D eigenvalue weighted by Crippen LogP contribution is -2.37. The molecule has 2 rings (SSSR count). The summed E-state index contributed by atoms with van der Waals surface area (Å²) in [4.78, 5) is 23.5. The number of benzene rings is 1. The minimum Gasteiger partial charge on any atom is -0.507 e. The highest BCUT2D eigenvalue weighted by Crippen LogP contribution is 2.43. The van der Waals surface area contributed by atoms with E-state index in [2.05, 4.69) is 0 Å². The van der Waals surface area contributed by atoms with Gasteiger partial charge in [0, 0.05) is 12.0 Å². The molecule has 0 fully saturated rings. The van der Waals surface area contributed by atoms with Gasteiger partial charge in [0.15, 0.2) is 5.78 Å². The first kappa shape index (κ1) is 19.3. The number of Topliss-reactive ketones (excluding diaryl/α,β-unsaturated/α-hetero) is 1. The summed E-state index contributed by atoms with van der Waals surface area (Å²) >= 11 is 0. The Bertz CT molecular complexity index is 665. The van der Waals surface area contributed by atoms with Crippen LogP contribution < -0.4 is 4.74 Å². The molecule has 1 aliphatic rings. The summed E-state index contributed by atoms with van der Waals surface area (Å²) in [6.07, 6.45) is 3.86. The summed E-state index contributed by atoms with van der Waals surface area (Å²) in [5, 5.41) is 10.5. The van der Waals surface area contributed by atoms with Gasteiger partial charge in [0.2, 0.25) is 0 Å². The average molecular weight is 348 g/mol. The number of rotatable bonds is 7. The molecule has 0 saturated carbocycles. The van der Waals surface area contributed by atoms with Crippen molar-refractivity contribution in [1.29, 1.82) is 0 Å². The predicted octanol–water partition coefficient (Wildman–Crippen LogP) is 3.97. The lowest BCUT2D eigenvalue weighted by atomic mass is 9.86. The molecule has 1 aromatic carbocycles. The van der Waals surface area contributed by atoms with Gasteiger partial charge in [-0.3, -0.25) is 9.59 Å². The number of hydrogen-bond acceptors (Lipinski definition) is 5. The Morgan fingerprint density at radius 1 is 1.36 bits per heavy atom. The third kappa shape index (κ3) is 4.33. The van der Waals surface area contributed by atoms with Crippen molar-refractivity contribution in [3.05, 3.63) is 22.8 Å². The Morgan fingerprint density at radius 2 is 2.08 bits per heavy atom. The topological polar surface area (TPSA) is 72.8 Å². The molecule has 1 N–H and O–H groups in total. The molecule has 5 heteroatoms. The van der Waals surface area contributed by atoms with E-state index in [1.54, 1.807) is 13.0 Å². The van der Waals surface area contributed by atoms with Crippen molar-refractivity contribution in [2.45, 2.75) is 71.8 Å². The highest BCUT2D eigenvalue weighted by molar-refractivity contribution is 5.97. The highest BCUT2D eigenvalue weighted by Gasteiger charge is 2.35. The molecule has 1 atom stereocenters. The fourth-order valence-electron chi connectivity index (χ4n) is 3.31. The lowest BCUT2D eigenvalue weighted by molar-refractivity contribution is -0.144. The Balaban J connectivity index is 2.30. The molecule has 0 amide bonds. The van der Waals surface area contributed by atoms with Crippen LogP contribution >= 0.6 is 0 Å². The largest absolute Gasteiger partial charge is 0.507 e. The number of esters is 1. The zero-order chi connectivity index (χ0) is 18.6. The van der Waals surface area contributed by atoms with Gasteiger partial charge in [0.1, 0.15) is 17.1 Å². The van der Waals surface area contributed by atoms with Crippen LogP contribution in [0, 0.1) is 0 Å². The number of carbonyl (C=O) groups is 2. The van der Waals surface area contributed by atoms with E-state index < -0.39 is 5.60 Å². The van der Waals surface area contributed by atoms with Gasteiger partial charge in [0.05, 0.1) is 12.2 Å². The van der Waals surface area contributed by atoms with E-state index in [0.29, 0.717) is 42.7 Å². The number of ether oxygens (including phenoxy) is 2. The molecule has 25 heavy (non-hydrogen) atoms. The van der Waals surface area contributed by atoms with Crippen LogP contribution in [0.3, 0.4) is 0 Å². The highest BCUT2D eigenvalue weighted by atomic mass is 16.5. The molecule has 0 aromatic heterocycles. The van der Waals surface area contributed by atoms with Crippen molar-refractivity contribution in [1.82, 2.24) is 0 Å². The Labute approximate surface area is 149 Å². The van der Waals surface area contributed by atoms with Crippen molar-refractivity contribution in [2.75, 3.05) is 6.61 Å². The standard InChI is InChI=1S/C20H28O5/c1-5-7-15-18(23)16(13(3)21)12-14-8-10-20(4,25-19(14)15)11-9-17(22)24-6-2/h12,23H,5-11H2,1-4H3. The molecule has 1 unspecified atom stereocenters. The maximum absolute atomic E-state index is 11.8. The van der Waals surface area contributed by atoms with Crippen molar-refractivity contribution >= 4 is 11.8 Å². The van der Waals surface area contributed by atoms with E-state index in [4.69, 9.17) is 9.47 Å². The first-order chi connectivity index (χ1) is 11.8. The molecular weight excluding hydrogens is 320 g/mol. The number of phenols is 1. The van der Waals surface area contributed by atoms with E-state index in [1.165, 1.54) is 6.92 Å². The van der Waals surface area contributed by atoms with Gasteiger partial charge < -0.3 is 14.6 Å². The maximum Gasteiger partial charge on any atom is 0.305 e. The van der Waals surface area contributed by atoms with Gasteiger partial charge in [-0.05, 0) is 58.1 Å². The third-order valence-corrected chi connectivity index (χ3v) is 4.74. The van der Waals surface area contributed by atoms with E-state index in [9.17, 15) is 14.7 Å². The summed E-state index contributed by atoms with van der Waals surface area (Å²) in [5.74, 6) is 0.347. The van der Waals surface area contributed by atoms with Crippen molar-refractivity contribution in [2.24, 2.45) is 0 Å².